The number of halogens is 2. The molecule has 2 aromatic heterocycles. The summed E-state index contributed by atoms with van der Waals surface area (Å²) in [5.41, 5.74) is 6.42. The smallest absolute Gasteiger partial charge is 0.307 e. The summed E-state index contributed by atoms with van der Waals surface area (Å²) in [6, 6.07) is 18.5. The first kappa shape index (κ1) is 25.4. The minimum atomic E-state index is -0.498. The molecule has 0 bridgehead atoms. The number of ether oxygens (including phenoxy) is 2. The van der Waals surface area contributed by atoms with Crippen LogP contribution in [0.1, 0.15) is 40.2 Å². The molecule has 7 nitrogen and oxygen atoms in total. The lowest BCUT2D eigenvalue weighted by molar-refractivity contribution is 0.0923. The molecule has 0 aliphatic carbocycles. The molecule has 186 valence electrons. The quantitative estimate of drug-likeness (QED) is 0.194. The Morgan fingerprint density at radius 1 is 1.00 bits per heavy atom. The third kappa shape index (κ3) is 5.93. The zero-order chi connectivity index (χ0) is 25.7. The van der Waals surface area contributed by atoms with E-state index < -0.39 is 5.91 Å². The summed E-state index contributed by atoms with van der Waals surface area (Å²) in [6.45, 7) is 6.60. The molecule has 0 spiro atoms. The fourth-order valence-corrected chi connectivity index (χ4v) is 4.27. The van der Waals surface area contributed by atoms with Crippen LogP contribution < -0.4 is 14.9 Å². The van der Waals surface area contributed by atoms with E-state index in [1.54, 1.807) is 24.3 Å². The van der Waals surface area contributed by atoms with Gasteiger partial charge >= 0.3 is 5.91 Å². The van der Waals surface area contributed by atoms with Gasteiger partial charge in [-0.1, -0.05) is 23.2 Å². The third-order valence-electron chi connectivity index (χ3n) is 5.32. The Morgan fingerprint density at radius 2 is 1.67 bits per heavy atom. The molecule has 0 saturated carbocycles. The Kier molecular flexibility index (Phi) is 8.03. The first-order valence-electron chi connectivity index (χ1n) is 11.3. The number of furan rings is 1. The van der Waals surface area contributed by atoms with Crippen LogP contribution in [0.25, 0.3) is 5.69 Å². The van der Waals surface area contributed by atoms with Gasteiger partial charge in [-0.05, 0) is 87.0 Å². The highest BCUT2D eigenvalue weighted by molar-refractivity contribution is 6.37. The molecular formula is C27H25Cl2N3O4. The summed E-state index contributed by atoms with van der Waals surface area (Å²) in [7, 11) is 0. The summed E-state index contributed by atoms with van der Waals surface area (Å²) in [4.78, 5) is 12.4. The van der Waals surface area contributed by atoms with Crippen LogP contribution in [0.2, 0.25) is 10.0 Å². The van der Waals surface area contributed by atoms with Crippen LogP contribution in [0.15, 0.2) is 70.2 Å². The van der Waals surface area contributed by atoms with Crippen molar-refractivity contribution in [1.82, 2.24) is 9.99 Å². The van der Waals surface area contributed by atoms with Crippen LogP contribution in [0.4, 0.5) is 0 Å². The minimum absolute atomic E-state index is 0.113. The standard InChI is InChI=1S/C27H25Cl2N3O4/c1-4-34-26-23(28)13-19(14-24(26)29)15-30-31-27(33)25-12-11-22(36-25)16-35-21-9-7-20(8-10-21)32-17(2)5-6-18(32)3/h5-15H,4,16H2,1-3H3,(H,31,33)/b30-15+. The predicted molar refractivity (Wildman–Crippen MR) is 141 cm³/mol. The van der Waals surface area contributed by atoms with Crippen molar-refractivity contribution in [2.75, 3.05) is 6.61 Å². The summed E-state index contributed by atoms with van der Waals surface area (Å²) in [5.74, 6) is 1.23. The van der Waals surface area contributed by atoms with Gasteiger partial charge in [0.1, 0.15) is 18.1 Å². The topological polar surface area (TPSA) is 78.0 Å². The molecule has 36 heavy (non-hydrogen) atoms. The van der Waals surface area contributed by atoms with Crippen LogP contribution >= 0.6 is 23.2 Å². The van der Waals surface area contributed by atoms with E-state index in [4.69, 9.17) is 37.1 Å². The lowest BCUT2D eigenvalue weighted by atomic mass is 10.2. The van der Waals surface area contributed by atoms with Gasteiger partial charge < -0.3 is 18.5 Å². The molecule has 1 N–H and O–H groups in total. The van der Waals surface area contributed by atoms with Crippen molar-refractivity contribution in [1.29, 1.82) is 0 Å². The van der Waals surface area contributed by atoms with Gasteiger partial charge in [0.05, 0.1) is 22.9 Å². The Labute approximate surface area is 219 Å². The van der Waals surface area contributed by atoms with E-state index in [2.05, 4.69) is 41.1 Å². The largest absolute Gasteiger partial charge is 0.491 e. The second-order valence-corrected chi connectivity index (χ2v) is 8.76. The van der Waals surface area contributed by atoms with E-state index in [1.165, 1.54) is 17.6 Å². The van der Waals surface area contributed by atoms with Crippen LogP contribution in [0.3, 0.4) is 0 Å². The van der Waals surface area contributed by atoms with E-state index in [0.717, 1.165) is 5.69 Å². The second-order valence-electron chi connectivity index (χ2n) is 7.95. The first-order chi connectivity index (χ1) is 17.4. The van der Waals surface area contributed by atoms with Gasteiger partial charge in [-0.25, -0.2) is 5.43 Å². The van der Waals surface area contributed by atoms with Gasteiger partial charge in [0, 0.05) is 17.1 Å². The van der Waals surface area contributed by atoms with E-state index >= 15 is 0 Å². The second kappa shape index (κ2) is 11.4. The predicted octanol–water partition coefficient (Wildman–Crippen LogP) is 6.74. The van der Waals surface area contributed by atoms with Crippen molar-refractivity contribution in [3.8, 4) is 17.2 Å². The maximum absolute atomic E-state index is 12.4. The van der Waals surface area contributed by atoms with Crippen molar-refractivity contribution in [3.05, 3.63) is 99.2 Å². The van der Waals surface area contributed by atoms with Gasteiger partial charge in [0.2, 0.25) is 0 Å². The fraction of sp³-hybridized carbons (Fsp3) is 0.185. The molecule has 0 aliphatic rings. The average molecular weight is 526 g/mol. The fourth-order valence-electron chi connectivity index (χ4n) is 3.66. The molecule has 2 heterocycles. The van der Waals surface area contributed by atoms with E-state index in [0.29, 0.717) is 39.5 Å². The molecule has 0 radical (unpaired) electrons. The number of hydrazone groups is 1. The lowest BCUT2D eigenvalue weighted by Gasteiger charge is -2.10. The zero-order valence-corrected chi connectivity index (χ0v) is 21.6. The molecule has 4 aromatic rings. The Balaban J connectivity index is 1.31. The molecule has 0 unspecified atom stereocenters. The SMILES string of the molecule is CCOc1c(Cl)cc(/C=N/NC(=O)c2ccc(COc3ccc(-n4c(C)ccc4C)cc3)o2)cc1Cl. The molecular weight excluding hydrogens is 501 g/mol. The van der Waals surface area contributed by atoms with Crippen molar-refractivity contribution in [2.24, 2.45) is 5.10 Å². The number of hydrogen-bond donors (Lipinski definition) is 1. The maximum Gasteiger partial charge on any atom is 0.307 e. The molecule has 2 aromatic carbocycles. The molecule has 4 rings (SSSR count). The molecule has 0 aliphatic heterocycles. The van der Waals surface area contributed by atoms with Gasteiger partial charge in [-0.2, -0.15) is 5.10 Å². The molecule has 9 heteroatoms. The zero-order valence-electron chi connectivity index (χ0n) is 20.0. The first-order valence-corrected chi connectivity index (χ1v) is 12.0. The number of rotatable bonds is 9. The molecule has 0 fully saturated rings. The van der Waals surface area contributed by atoms with E-state index in [-0.39, 0.29) is 12.4 Å². The monoisotopic (exact) mass is 525 g/mol. The van der Waals surface area contributed by atoms with E-state index in [9.17, 15) is 4.79 Å². The number of nitrogens with zero attached hydrogens (tertiary/aromatic N) is 2. The summed E-state index contributed by atoms with van der Waals surface area (Å²) in [6.07, 6.45) is 1.43. The minimum Gasteiger partial charge on any atom is -0.491 e. The Bertz CT molecular complexity index is 1350. The third-order valence-corrected chi connectivity index (χ3v) is 5.88. The summed E-state index contributed by atoms with van der Waals surface area (Å²) in [5, 5.41) is 4.66. The number of amides is 1. The highest BCUT2D eigenvalue weighted by Crippen LogP contribution is 2.33. The number of carbonyl (C=O) groups is 1. The van der Waals surface area contributed by atoms with Gasteiger partial charge in [-0.15, -0.1) is 0 Å². The number of aromatic nitrogens is 1. The highest BCUT2D eigenvalue weighted by Gasteiger charge is 2.12. The number of benzene rings is 2. The van der Waals surface area contributed by atoms with Crippen molar-refractivity contribution < 1.29 is 18.7 Å². The maximum atomic E-state index is 12.4. The van der Waals surface area contributed by atoms with Gasteiger partial charge in [0.15, 0.2) is 11.5 Å². The average Bonchev–Trinajstić information content (AvgIpc) is 3.47. The number of hydrogen-bond acceptors (Lipinski definition) is 5. The Morgan fingerprint density at radius 3 is 2.31 bits per heavy atom. The van der Waals surface area contributed by atoms with Crippen LogP contribution in [-0.4, -0.2) is 23.3 Å². The van der Waals surface area contributed by atoms with Crippen molar-refractivity contribution in [2.45, 2.75) is 27.4 Å². The van der Waals surface area contributed by atoms with Crippen LogP contribution in [0.5, 0.6) is 11.5 Å². The van der Waals surface area contributed by atoms with E-state index in [1.807, 2.05) is 31.2 Å². The Hall–Kier alpha value is -3.68. The van der Waals surface area contributed by atoms with Crippen molar-refractivity contribution >= 4 is 35.3 Å². The molecule has 1 amide bonds. The summed E-state index contributed by atoms with van der Waals surface area (Å²) >= 11 is 12.4. The number of carbonyl (C=O) groups excluding carboxylic acids is 1. The van der Waals surface area contributed by atoms with Crippen molar-refractivity contribution in [3.63, 3.8) is 0 Å². The van der Waals surface area contributed by atoms with Gasteiger partial charge in [-0.3, -0.25) is 4.79 Å². The van der Waals surface area contributed by atoms with Crippen LogP contribution in [0, 0.1) is 13.8 Å². The number of aryl methyl sites for hydroxylation is 2. The lowest BCUT2D eigenvalue weighted by Crippen LogP contribution is -2.16. The molecule has 0 saturated heterocycles. The molecule has 0 atom stereocenters. The summed E-state index contributed by atoms with van der Waals surface area (Å²) < 4.78 is 19.0. The normalized spacial score (nSPS) is 11.1. The highest BCUT2D eigenvalue weighted by atomic mass is 35.5. The van der Waals surface area contributed by atoms with Crippen LogP contribution in [-0.2, 0) is 6.61 Å². The number of nitrogens with one attached hydrogen (secondary N) is 1. The van der Waals surface area contributed by atoms with Gasteiger partial charge in [0.25, 0.3) is 0 Å².